The van der Waals surface area contributed by atoms with Gasteiger partial charge < -0.3 is 20.1 Å². The van der Waals surface area contributed by atoms with Gasteiger partial charge in [0.05, 0.1) is 7.11 Å². The molecule has 0 saturated carbocycles. The molecule has 0 heterocycles. The van der Waals surface area contributed by atoms with E-state index < -0.39 is 0 Å². The van der Waals surface area contributed by atoms with Crippen LogP contribution in [0.2, 0.25) is 0 Å². The van der Waals surface area contributed by atoms with Crippen LogP contribution in [0.1, 0.15) is 38.8 Å². The van der Waals surface area contributed by atoms with E-state index in [1.54, 1.807) is 13.2 Å². The first-order valence-electron chi connectivity index (χ1n) is 7.45. The Morgan fingerprint density at radius 3 is 2.60 bits per heavy atom. The maximum Gasteiger partial charge on any atom is 0.160 e. The fourth-order valence-electron chi connectivity index (χ4n) is 2.24. The van der Waals surface area contributed by atoms with Crippen LogP contribution in [0.25, 0.3) is 0 Å². The van der Waals surface area contributed by atoms with Crippen molar-refractivity contribution in [3.63, 3.8) is 0 Å². The van der Waals surface area contributed by atoms with Gasteiger partial charge in [-0.25, -0.2) is 0 Å². The molecule has 0 spiro atoms. The van der Waals surface area contributed by atoms with Crippen LogP contribution in [-0.2, 0) is 0 Å². The normalized spacial score (nSPS) is 12.7. The van der Waals surface area contributed by atoms with Gasteiger partial charge in [-0.15, -0.1) is 0 Å². The number of aromatic hydroxyl groups is 1. The third-order valence-corrected chi connectivity index (χ3v) is 3.70. The van der Waals surface area contributed by atoms with E-state index in [2.05, 4.69) is 31.0 Å². The molecular weight excluding hydrogens is 252 g/mol. The number of methoxy groups -OCH3 is 1. The van der Waals surface area contributed by atoms with Crippen LogP contribution in [0.4, 0.5) is 0 Å². The predicted molar refractivity (Wildman–Crippen MR) is 83.5 cm³/mol. The summed E-state index contributed by atoms with van der Waals surface area (Å²) < 4.78 is 5.14. The highest BCUT2D eigenvalue weighted by Gasteiger charge is 2.08. The highest BCUT2D eigenvalue weighted by atomic mass is 16.5. The summed E-state index contributed by atoms with van der Waals surface area (Å²) in [5, 5.41) is 13.1. The minimum atomic E-state index is 0.185. The lowest BCUT2D eigenvalue weighted by atomic mass is 10.1. The first-order chi connectivity index (χ1) is 9.62. The summed E-state index contributed by atoms with van der Waals surface area (Å²) >= 11 is 0. The highest BCUT2D eigenvalue weighted by molar-refractivity contribution is 5.42. The fraction of sp³-hybridized carbons (Fsp3) is 0.625. The van der Waals surface area contributed by atoms with Crippen molar-refractivity contribution in [1.29, 1.82) is 0 Å². The average Bonchev–Trinajstić information content (AvgIpc) is 2.47. The minimum absolute atomic E-state index is 0.185. The summed E-state index contributed by atoms with van der Waals surface area (Å²) in [6, 6.07) is 5.75. The van der Waals surface area contributed by atoms with Crippen LogP contribution in [0, 0.1) is 0 Å². The molecule has 1 aromatic carbocycles. The van der Waals surface area contributed by atoms with Gasteiger partial charge >= 0.3 is 0 Å². The number of nitrogens with one attached hydrogen (secondary N) is 1. The zero-order valence-corrected chi connectivity index (χ0v) is 13.1. The molecule has 0 fully saturated rings. The number of hydrogen-bond donors (Lipinski definition) is 2. The average molecular weight is 280 g/mol. The second-order valence-corrected chi connectivity index (χ2v) is 4.99. The molecule has 0 radical (unpaired) electrons. The Morgan fingerprint density at radius 1 is 1.30 bits per heavy atom. The second kappa shape index (κ2) is 8.82. The standard InChI is InChI=1S/C16H28N2O2/c1-5-18(6-2)11-7-10-17-13(3)14-8-9-15(19)16(12-14)20-4/h8-9,12-13,17,19H,5-7,10-11H2,1-4H3. The van der Waals surface area contributed by atoms with E-state index in [-0.39, 0.29) is 11.8 Å². The Bertz CT molecular complexity index is 392. The molecule has 114 valence electrons. The van der Waals surface area contributed by atoms with E-state index in [9.17, 15) is 5.11 Å². The molecule has 4 nitrogen and oxygen atoms in total. The highest BCUT2D eigenvalue weighted by Crippen LogP contribution is 2.28. The van der Waals surface area contributed by atoms with Gasteiger partial charge in [0.15, 0.2) is 11.5 Å². The summed E-state index contributed by atoms with van der Waals surface area (Å²) in [4.78, 5) is 2.43. The Labute approximate surface area is 122 Å². The fourth-order valence-corrected chi connectivity index (χ4v) is 2.24. The molecule has 0 saturated heterocycles. The summed E-state index contributed by atoms with van der Waals surface area (Å²) in [6.07, 6.45) is 1.14. The van der Waals surface area contributed by atoms with Crippen molar-refractivity contribution >= 4 is 0 Å². The lowest BCUT2D eigenvalue weighted by Gasteiger charge is -2.19. The number of benzene rings is 1. The quantitative estimate of drug-likeness (QED) is 0.683. The van der Waals surface area contributed by atoms with Crippen molar-refractivity contribution in [2.24, 2.45) is 0 Å². The van der Waals surface area contributed by atoms with Crippen LogP contribution in [0.15, 0.2) is 18.2 Å². The molecule has 20 heavy (non-hydrogen) atoms. The molecule has 0 aromatic heterocycles. The van der Waals surface area contributed by atoms with E-state index in [4.69, 9.17) is 4.74 Å². The van der Waals surface area contributed by atoms with Gasteiger partial charge in [-0.2, -0.15) is 0 Å². The molecule has 1 atom stereocenters. The molecule has 4 heteroatoms. The van der Waals surface area contributed by atoms with Gasteiger partial charge in [0.1, 0.15) is 0 Å². The van der Waals surface area contributed by atoms with E-state index in [0.29, 0.717) is 5.75 Å². The van der Waals surface area contributed by atoms with Crippen LogP contribution in [0.3, 0.4) is 0 Å². The number of rotatable bonds is 9. The van der Waals surface area contributed by atoms with Gasteiger partial charge in [-0.3, -0.25) is 0 Å². The lowest BCUT2D eigenvalue weighted by molar-refractivity contribution is 0.296. The summed E-state index contributed by atoms with van der Waals surface area (Å²) in [6.45, 7) is 10.9. The molecule has 0 bridgehead atoms. The molecule has 0 amide bonds. The van der Waals surface area contributed by atoms with Crippen molar-refractivity contribution in [3.8, 4) is 11.5 Å². The van der Waals surface area contributed by atoms with Crippen molar-refractivity contribution in [2.45, 2.75) is 33.2 Å². The third kappa shape index (κ3) is 5.02. The first-order valence-corrected chi connectivity index (χ1v) is 7.45. The number of phenols is 1. The second-order valence-electron chi connectivity index (χ2n) is 4.99. The van der Waals surface area contributed by atoms with Crippen molar-refractivity contribution in [3.05, 3.63) is 23.8 Å². The number of hydrogen-bond acceptors (Lipinski definition) is 4. The van der Waals surface area contributed by atoms with Crippen LogP contribution >= 0.6 is 0 Å². The van der Waals surface area contributed by atoms with Crippen LogP contribution in [0.5, 0.6) is 11.5 Å². The van der Waals surface area contributed by atoms with E-state index >= 15 is 0 Å². The monoisotopic (exact) mass is 280 g/mol. The predicted octanol–water partition coefficient (Wildman–Crippen LogP) is 2.78. The topological polar surface area (TPSA) is 44.7 Å². The zero-order chi connectivity index (χ0) is 15.0. The molecule has 0 aliphatic carbocycles. The Hall–Kier alpha value is -1.26. The van der Waals surface area contributed by atoms with Crippen molar-refractivity contribution in [1.82, 2.24) is 10.2 Å². The largest absolute Gasteiger partial charge is 0.504 e. The Balaban J connectivity index is 2.41. The summed E-state index contributed by atoms with van der Waals surface area (Å²) in [5.41, 5.74) is 1.13. The van der Waals surface area contributed by atoms with Crippen molar-refractivity contribution < 1.29 is 9.84 Å². The molecule has 1 unspecified atom stereocenters. The number of phenolic OH excluding ortho intramolecular Hbond substituents is 1. The van der Waals surface area contributed by atoms with Gasteiger partial charge in [0.2, 0.25) is 0 Å². The first kappa shape index (κ1) is 16.8. The summed E-state index contributed by atoms with van der Waals surface area (Å²) in [7, 11) is 1.57. The van der Waals surface area contributed by atoms with Crippen molar-refractivity contribution in [2.75, 3.05) is 33.3 Å². The molecule has 1 aromatic rings. The third-order valence-electron chi connectivity index (χ3n) is 3.70. The van der Waals surface area contributed by atoms with Gasteiger partial charge in [0, 0.05) is 6.04 Å². The SMILES string of the molecule is CCN(CC)CCCNC(C)c1ccc(O)c(OC)c1. The zero-order valence-electron chi connectivity index (χ0n) is 13.1. The molecule has 0 aliphatic heterocycles. The molecule has 0 aliphatic rings. The molecule has 1 rings (SSSR count). The van der Waals surface area contributed by atoms with Crippen LogP contribution in [-0.4, -0.2) is 43.3 Å². The van der Waals surface area contributed by atoms with E-state index in [1.807, 2.05) is 12.1 Å². The molecule has 2 N–H and O–H groups in total. The lowest BCUT2D eigenvalue weighted by Crippen LogP contribution is -2.28. The van der Waals surface area contributed by atoms with E-state index in [1.165, 1.54) is 0 Å². The Morgan fingerprint density at radius 2 is 2.00 bits per heavy atom. The maximum absolute atomic E-state index is 9.60. The summed E-state index contributed by atoms with van der Waals surface area (Å²) in [5.74, 6) is 0.712. The van der Waals surface area contributed by atoms with Gasteiger partial charge in [0.25, 0.3) is 0 Å². The minimum Gasteiger partial charge on any atom is -0.504 e. The number of ether oxygens (including phenoxy) is 1. The maximum atomic E-state index is 9.60. The van der Waals surface area contributed by atoms with E-state index in [0.717, 1.165) is 38.2 Å². The molecular formula is C16H28N2O2. The number of nitrogens with zero attached hydrogens (tertiary/aromatic N) is 1. The smallest absolute Gasteiger partial charge is 0.160 e. The van der Waals surface area contributed by atoms with Crippen LogP contribution < -0.4 is 10.1 Å². The van der Waals surface area contributed by atoms with Gasteiger partial charge in [-0.1, -0.05) is 19.9 Å². The Kier molecular flexibility index (Phi) is 7.41. The van der Waals surface area contributed by atoms with Gasteiger partial charge in [-0.05, 0) is 57.2 Å².